The third kappa shape index (κ3) is 5.02. The largest absolute Gasteiger partial charge is 0.450 e. The first kappa shape index (κ1) is 21.9. The summed E-state index contributed by atoms with van der Waals surface area (Å²) in [4.78, 5) is 26.2. The minimum absolute atomic E-state index is 0.0751. The van der Waals surface area contributed by atoms with Gasteiger partial charge in [0.05, 0.1) is 22.1 Å². The molecule has 0 atom stereocenters. The molecule has 2 aliphatic heterocycles. The number of hydrogen-bond donors (Lipinski definition) is 1. The zero-order valence-electron chi connectivity index (χ0n) is 16.4. The number of sulfonamides is 1. The highest BCUT2D eigenvalue weighted by atomic mass is 35.5. The van der Waals surface area contributed by atoms with E-state index in [-0.39, 0.29) is 27.6 Å². The fourth-order valence-electron chi connectivity index (χ4n) is 3.60. The van der Waals surface area contributed by atoms with Gasteiger partial charge in [-0.1, -0.05) is 11.6 Å². The number of carbonyl (C=O) groups excluding carboxylic acids is 2. The van der Waals surface area contributed by atoms with Crippen LogP contribution in [-0.2, 0) is 14.8 Å². The number of benzene rings is 1. The van der Waals surface area contributed by atoms with Gasteiger partial charge >= 0.3 is 6.09 Å². The van der Waals surface area contributed by atoms with E-state index < -0.39 is 15.9 Å². The van der Waals surface area contributed by atoms with Gasteiger partial charge in [0.15, 0.2) is 0 Å². The van der Waals surface area contributed by atoms with Crippen molar-refractivity contribution in [1.29, 1.82) is 0 Å². The van der Waals surface area contributed by atoms with Crippen LogP contribution in [0.1, 0.15) is 43.0 Å². The molecule has 1 aromatic rings. The normalized spacial score (nSPS) is 18.6. The summed E-state index contributed by atoms with van der Waals surface area (Å²) in [6.45, 7) is 4.04. The van der Waals surface area contributed by atoms with Crippen LogP contribution >= 0.6 is 11.6 Å². The number of nitrogens with zero attached hydrogens (tertiary/aromatic N) is 2. The highest BCUT2D eigenvalue weighted by molar-refractivity contribution is 7.89. The van der Waals surface area contributed by atoms with Crippen molar-refractivity contribution in [1.82, 2.24) is 14.5 Å². The molecule has 0 spiro atoms. The molecule has 1 aromatic carbocycles. The second kappa shape index (κ2) is 9.32. The number of hydrogen-bond acceptors (Lipinski definition) is 5. The first-order valence-corrected chi connectivity index (χ1v) is 11.7. The molecule has 8 nitrogen and oxygen atoms in total. The van der Waals surface area contributed by atoms with Gasteiger partial charge in [0, 0.05) is 32.2 Å². The molecule has 0 saturated carbocycles. The molecule has 2 saturated heterocycles. The average molecular weight is 444 g/mol. The van der Waals surface area contributed by atoms with E-state index in [1.165, 1.54) is 22.5 Å². The van der Waals surface area contributed by atoms with Crippen LogP contribution in [0, 0.1) is 0 Å². The van der Waals surface area contributed by atoms with E-state index in [0.717, 1.165) is 12.8 Å². The Labute approximate surface area is 176 Å². The van der Waals surface area contributed by atoms with Gasteiger partial charge in [0.1, 0.15) is 0 Å². The van der Waals surface area contributed by atoms with Gasteiger partial charge < -0.3 is 15.0 Å². The molecule has 0 aliphatic carbocycles. The Bertz CT molecular complexity index is 863. The second-order valence-corrected chi connectivity index (χ2v) is 9.53. The quantitative estimate of drug-likeness (QED) is 0.754. The summed E-state index contributed by atoms with van der Waals surface area (Å²) in [6.07, 6.45) is 2.51. The maximum Gasteiger partial charge on any atom is 0.409 e. The molecule has 2 heterocycles. The van der Waals surface area contributed by atoms with E-state index in [2.05, 4.69) is 5.32 Å². The van der Waals surface area contributed by atoms with Crippen LogP contribution in [0.2, 0.25) is 5.02 Å². The molecule has 0 radical (unpaired) electrons. The minimum Gasteiger partial charge on any atom is -0.450 e. The Balaban J connectivity index is 1.66. The molecule has 3 rings (SSSR count). The molecular formula is C19H26ClN3O5S. The predicted octanol–water partition coefficient (Wildman–Crippen LogP) is 2.48. The number of ether oxygens (including phenoxy) is 1. The molecule has 29 heavy (non-hydrogen) atoms. The van der Waals surface area contributed by atoms with E-state index in [4.69, 9.17) is 16.3 Å². The monoisotopic (exact) mass is 443 g/mol. The van der Waals surface area contributed by atoms with E-state index in [1.54, 1.807) is 11.8 Å². The third-order valence-electron chi connectivity index (χ3n) is 5.24. The fourth-order valence-corrected chi connectivity index (χ4v) is 5.35. The van der Waals surface area contributed by atoms with Crippen LogP contribution in [0.4, 0.5) is 4.79 Å². The van der Waals surface area contributed by atoms with Crippen LogP contribution in [-0.4, -0.2) is 68.5 Å². The molecule has 1 N–H and O–H groups in total. The van der Waals surface area contributed by atoms with Crippen LogP contribution in [0.5, 0.6) is 0 Å². The smallest absolute Gasteiger partial charge is 0.409 e. The van der Waals surface area contributed by atoms with Crippen molar-refractivity contribution in [2.45, 2.75) is 43.5 Å². The number of amides is 2. The number of piperidine rings is 1. The van der Waals surface area contributed by atoms with Crippen molar-refractivity contribution in [3.63, 3.8) is 0 Å². The van der Waals surface area contributed by atoms with Crippen molar-refractivity contribution in [3.05, 3.63) is 28.8 Å². The number of nitrogens with one attached hydrogen (secondary N) is 1. The molecule has 0 unspecified atom stereocenters. The first-order valence-electron chi connectivity index (χ1n) is 9.85. The average Bonchev–Trinajstić information content (AvgIpc) is 3.24. The highest BCUT2D eigenvalue weighted by Crippen LogP contribution is 2.25. The van der Waals surface area contributed by atoms with Gasteiger partial charge in [-0.3, -0.25) is 4.79 Å². The van der Waals surface area contributed by atoms with Crippen molar-refractivity contribution in [3.8, 4) is 0 Å². The van der Waals surface area contributed by atoms with Gasteiger partial charge in [-0.25, -0.2) is 13.2 Å². The maximum atomic E-state index is 12.8. The lowest BCUT2D eigenvalue weighted by atomic mass is 10.0. The van der Waals surface area contributed by atoms with E-state index in [0.29, 0.717) is 45.6 Å². The summed E-state index contributed by atoms with van der Waals surface area (Å²) in [7, 11) is -3.63. The predicted molar refractivity (Wildman–Crippen MR) is 109 cm³/mol. The number of carbonyl (C=O) groups is 2. The Morgan fingerprint density at radius 3 is 2.45 bits per heavy atom. The second-order valence-electron chi connectivity index (χ2n) is 7.19. The summed E-state index contributed by atoms with van der Waals surface area (Å²) in [5.41, 5.74) is 0.139. The lowest BCUT2D eigenvalue weighted by molar-refractivity contribution is 0.0860. The maximum absolute atomic E-state index is 12.8. The Hall–Kier alpha value is -1.84. The van der Waals surface area contributed by atoms with Gasteiger partial charge in [0.25, 0.3) is 5.91 Å². The van der Waals surface area contributed by atoms with Gasteiger partial charge in [-0.05, 0) is 50.8 Å². The van der Waals surface area contributed by atoms with E-state index in [9.17, 15) is 18.0 Å². The van der Waals surface area contributed by atoms with Crippen LogP contribution in [0.15, 0.2) is 23.1 Å². The third-order valence-corrected chi connectivity index (χ3v) is 7.47. The molecule has 160 valence electrons. The Morgan fingerprint density at radius 2 is 1.83 bits per heavy atom. The van der Waals surface area contributed by atoms with Crippen molar-refractivity contribution in [2.24, 2.45) is 0 Å². The zero-order chi connectivity index (χ0) is 21.0. The van der Waals surface area contributed by atoms with Crippen molar-refractivity contribution >= 4 is 33.6 Å². The topological polar surface area (TPSA) is 96.0 Å². The molecule has 0 aromatic heterocycles. The zero-order valence-corrected chi connectivity index (χ0v) is 18.0. The number of rotatable bonds is 5. The van der Waals surface area contributed by atoms with E-state index in [1.807, 2.05) is 0 Å². The van der Waals surface area contributed by atoms with E-state index >= 15 is 0 Å². The minimum atomic E-state index is -3.63. The number of halogens is 1. The van der Waals surface area contributed by atoms with Gasteiger partial charge in [-0.2, -0.15) is 4.31 Å². The Kier molecular flexibility index (Phi) is 7.02. The SMILES string of the molecule is CCOC(=O)N1CCC(NC(=O)c2cc(S(=O)(=O)N3CCCC3)ccc2Cl)CC1. The molecule has 2 fully saturated rings. The van der Waals surface area contributed by atoms with Crippen molar-refractivity contribution in [2.75, 3.05) is 32.8 Å². The molecule has 2 amide bonds. The molecule has 2 aliphatic rings. The lowest BCUT2D eigenvalue weighted by Crippen LogP contribution is -2.46. The summed E-state index contributed by atoms with van der Waals surface area (Å²) in [5, 5.41) is 3.11. The fraction of sp³-hybridized carbons (Fsp3) is 0.579. The standard InChI is InChI=1S/C19H26ClN3O5S/c1-2-28-19(25)22-11-7-14(8-12-22)21-18(24)16-13-15(5-6-17(16)20)29(26,27)23-9-3-4-10-23/h5-6,13-14H,2-4,7-12H2,1H3,(H,21,24). The summed E-state index contributed by atoms with van der Waals surface area (Å²) >= 11 is 6.18. The van der Waals surface area contributed by atoms with Crippen LogP contribution < -0.4 is 5.32 Å². The summed E-state index contributed by atoms with van der Waals surface area (Å²) in [5.74, 6) is -0.414. The molecular weight excluding hydrogens is 418 g/mol. The molecule has 0 bridgehead atoms. The van der Waals surface area contributed by atoms with Gasteiger partial charge in [0.2, 0.25) is 10.0 Å². The lowest BCUT2D eigenvalue weighted by Gasteiger charge is -2.31. The summed E-state index contributed by atoms with van der Waals surface area (Å²) < 4.78 is 32.0. The van der Waals surface area contributed by atoms with Crippen molar-refractivity contribution < 1.29 is 22.7 Å². The number of likely N-dealkylation sites (tertiary alicyclic amines) is 1. The Morgan fingerprint density at radius 1 is 1.17 bits per heavy atom. The summed E-state index contributed by atoms with van der Waals surface area (Å²) in [6, 6.07) is 4.11. The molecule has 10 heteroatoms. The van der Waals surface area contributed by atoms with Crippen LogP contribution in [0.3, 0.4) is 0 Å². The van der Waals surface area contributed by atoms with Crippen LogP contribution in [0.25, 0.3) is 0 Å². The van der Waals surface area contributed by atoms with Gasteiger partial charge in [-0.15, -0.1) is 0 Å². The highest BCUT2D eigenvalue weighted by Gasteiger charge is 2.29. The first-order chi connectivity index (χ1) is 13.8.